The molecule has 0 fully saturated rings. The maximum absolute atomic E-state index is 12.2. The molecule has 0 heterocycles. The molecule has 23 heavy (non-hydrogen) atoms. The van der Waals surface area contributed by atoms with Crippen LogP contribution in [0, 0.1) is 22.7 Å². The lowest BCUT2D eigenvalue weighted by molar-refractivity contribution is -0.132. The lowest BCUT2D eigenvalue weighted by atomic mass is 10.3. The number of nitrogens with one attached hydrogen (secondary N) is 1. The van der Waals surface area contributed by atoms with E-state index in [4.69, 9.17) is 15.3 Å². The van der Waals surface area contributed by atoms with Crippen LogP contribution in [0.5, 0.6) is 0 Å². The van der Waals surface area contributed by atoms with E-state index in [1.54, 1.807) is 19.1 Å². The number of methoxy groups -OCH3 is 1. The fourth-order valence-corrected chi connectivity index (χ4v) is 1.86. The van der Waals surface area contributed by atoms with Gasteiger partial charge in [-0.05, 0) is 13.5 Å². The summed E-state index contributed by atoms with van der Waals surface area (Å²) >= 11 is 0. The molecular weight excluding hydrogens is 298 g/mol. The molecule has 0 unspecified atom stereocenters. The number of nitrogens with zero attached hydrogens (tertiary/aromatic N) is 4. The molecule has 1 N–H and O–H groups in total. The van der Waals surface area contributed by atoms with E-state index in [2.05, 4.69) is 5.32 Å². The lowest BCUT2D eigenvalue weighted by Crippen LogP contribution is -2.43. The number of nitriles is 2. The third-order valence-corrected chi connectivity index (χ3v) is 3.01. The maximum atomic E-state index is 12.2. The van der Waals surface area contributed by atoms with Gasteiger partial charge in [-0.3, -0.25) is 14.5 Å². The fourth-order valence-electron chi connectivity index (χ4n) is 1.86. The molecule has 0 atom stereocenters. The van der Waals surface area contributed by atoms with Crippen molar-refractivity contribution < 1.29 is 14.3 Å². The smallest absolute Gasteiger partial charge is 0.236 e. The van der Waals surface area contributed by atoms with Gasteiger partial charge in [0, 0.05) is 33.4 Å². The van der Waals surface area contributed by atoms with Crippen molar-refractivity contribution in [1.82, 2.24) is 15.1 Å². The second-order valence-corrected chi connectivity index (χ2v) is 5.07. The molecule has 0 spiro atoms. The molecule has 0 aliphatic heterocycles. The molecule has 0 rings (SSSR count). The number of likely N-dealkylation sites (N-methyl/N-ethyl adjacent to an activating group) is 1. The van der Waals surface area contributed by atoms with Gasteiger partial charge in [0.1, 0.15) is 0 Å². The van der Waals surface area contributed by atoms with Gasteiger partial charge in [0.15, 0.2) is 0 Å². The summed E-state index contributed by atoms with van der Waals surface area (Å²) in [6, 6.07) is 3.97. The third kappa shape index (κ3) is 11.1. The number of carbonyl (C=O) groups excluding carboxylic acids is 2. The minimum absolute atomic E-state index is 0.0718. The molecule has 0 aliphatic carbocycles. The van der Waals surface area contributed by atoms with E-state index < -0.39 is 0 Å². The van der Waals surface area contributed by atoms with Gasteiger partial charge < -0.3 is 15.0 Å². The van der Waals surface area contributed by atoms with Crippen LogP contribution in [-0.2, 0) is 14.3 Å². The molecule has 0 saturated heterocycles. The Morgan fingerprint density at radius 1 is 1.13 bits per heavy atom. The van der Waals surface area contributed by atoms with Gasteiger partial charge in [0.2, 0.25) is 11.8 Å². The first-order chi connectivity index (χ1) is 11.0. The van der Waals surface area contributed by atoms with Crippen LogP contribution in [0.4, 0.5) is 0 Å². The van der Waals surface area contributed by atoms with Crippen molar-refractivity contribution in [2.75, 3.05) is 53.5 Å². The van der Waals surface area contributed by atoms with Crippen LogP contribution >= 0.6 is 0 Å². The van der Waals surface area contributed by atoms with Crippen molar-refractivity contribution in [2.45, 2.75) is 19.3 Å². The van der Waals surface area contributed by atoms with Crippen molar-refractivity contribution in [1.29, 1.82) is 10.5 Å². The normalized spacial score (nSPS) is 9.96. The highest BCUT2D eigenvalue weighted by Crippen LogP contribution is 1.97. The number of amides is 2. The van der Waals surface area contributed by atoms with Crippen LogP contribution in [0.1, 0.15) is 19.3 Å². The Kier molecular flexibility index (Phi) is 12.2. The van der Waals surface area contributed by atoms with Crippen LogP contribution in [0.2, 0.25) is 0 Å². The molecule has 0 radical (unpaired) electrons. The van der Waals surface area contributed by atoms with Crippen LogP contribution in [0.3, 0.4) is 0 Å². The van der Waals surface area contributed by atoms with E-state index in [-0.39, 0.29) is 37.7 Å². The zero-order chi connectivity index (χ0) is 17.5. The van der Waals surface area contributed by atoms with Crippen molar-refractivity contribution in [3.63, 3.8) is 0 Å². The predicted octanol–water partition coefficient (Wildman–Crippen LogP) is -0.273. The van der Waals surface area contributed by atoms with Gasteiger partial charge in [0.25, 0.3) is 0 Å². The second kappa shape index (κ2) is 13.5. The predicted molar refractivity (Wildman–Crippen MR) is 84.0 cm³/mol. The minimum Gasteiger partial charge on any atom is -0.385 e. The van der Waals surface area contributed by atoms with Gasteiger partial charge >= 0.3 is 0 Å². The Morgan fingerprint density at radius 3 is 2.26 bits per heavy atom. The average molecular weight is 323 g/mol. The zero-order valence-corrected chi connectivity index (χ0v) is 13.9. The highest BCUT2D eigenvalue weighted by molar-refractivity contribution is 5.81. The van der Waals surface area contributed by atoms with Gasteiger partial charge in [0.05, 0.1) is 38.1 Å². The molecule has 0 saturated carbocycles. The van der Waals surface area contributed by atoms with Gasteiger partial charge in [-0.1, -0.05) is 0 Å². The summed E-state index contributed by atoms with van der Waals surface area (Å²) in [5.41, 5.74) is 0. The van der Waals surface area contributed by atoms with Crippen molar-refractivity contribution in [3.05, 3.63) is 0 Å². The summed E-state index contributed by atoms with van der Waals surface area (Å²) < 4.78 is 4.89. The van der Waals surface area contributed by atoms with Crippen LogP contribution in [0.25, 0.3) is 0 Å². The number of rotatable bonds is 12. The quantitative estimate of drug-likeness (QED) is 0.495. The Hall–Kier alpha value is -2.16. The standard InChI is InChI=1S/C15H25N5O3/c1-19(12-14(21)18-8-5-11-23-2)13-15(22)20(9-3-6-16)10-4-7-17/h3-5,8-13H2,1-2H3,(H,18,21). The third-order valence-electron chi connectivity index (χ3n) is 3.01. The highest BCUT2D eigenvalue weighted by Gasteiger charge is 2.16. The summed E-state index contributed by atoms with van der Waals surface area (Å²) in [4.78, 5) is 27.0. The van der Waals surface area contributed by atoms with Gasteiger partial charge in [-0.2, -0.15) is 10.5 Å². The SMILES string of the molecule is COCCCNC(=O)CN(C)CC(=O)N(CCC#N)CCC#N. The number of ether oxygens (including phenoxy) is 1. The summed E-state index contributed by atoms with van der Waals surface area (Å²) in [5.74, 6) is -0.345. The van der Waals surface area contributed by atoms with Crippen molar-refractivity contribution in [2.24, 2.45) is 0 Å². The van der Waals surface area contributed by atoms with Crippen molar-refractivity contribution >= 4 is 11.8 Å². The molecule has 2 amide bonds. The van der Waals surface area contributed by atoms with E-state index in [0.29, 0.717) is 26.2 Å². The second-order valence-electron chi connectivity index (χ2n) is 5.07. The first kappa shape index (κ1) is 20.8. The van der Waals surface area contributed by atoms with E-state index in [1.807, 2.05) is 12.1 Å². The summed E-state index contributed by atoms with van der Waals surface area (Å²) in [6.45, 7) is 1.90. The molecule has 128 valence electrons. The van der Waals surface area contributed by atoms with Crippen LogP contribution in [0.15, 0.2) is 0 Å². The van der Waals surface area contributed by atoms with E-state index >= 15 is 0 Å². The number of carbonyl (C=O) groups is 2. The zero-order valence-electron chi connectivity index (χ0n) is 13.9. The Labute approximate surface area is 137 Å². The van der Waals surface area contributed by atoms with E-state index in [9.17, 15) is 9.59 Å². The largest absolute Gasteiger partial charge is 0.385 e. The van der Waals surface area contributed by atoms with Crippen LogP contribution in [-0.4, -0.2) is 75.1 Å². The van der Waals surface area contributed by atoms with Crippen LogP contribution < -0.4 is 5.32 Å². The van der Waals surface area contributed by atoms with E-state index in [1.165, 1.54) is 4.90 Å². The highest BCUT2D eigenvalue weighted by atomic mass is 16.5. The summed E-state index contributed by atoms with van der Waals surface area (Å²) in [7, 11) is 3.28. The molecule has 0 aromatic carbocycles. The van der Waals surface area contributed by atoms with Crippen molar-refractivity contribution in [3.8, 4) is 12.1 Å². The Bertz CT molecular complexity index is 423. The van der Waals surface area contributed by atoms with Gasteiger partial charge in [-0.15, -0.1) is 0 Å². The summed E-state index contributed by atoms with van der Waals surface area (Å²) in [6.07, 6.45) is 1.18. The molecule has 8 nitrogen and oxygen atoms in total. The minimum atomic E-state index is -0.190. The number of hydrogen-bond donors (Lipinski definition) is 1. The van der Waals surface area contributed by atoms with E-state index in [0.717, 1.165) is 6.42 Å². The molecule has 0 aromatic rings. The molecule has 0 aromatic heterocycles. The topological polar surface area (TPSA) is 109 Å². The average Bonchev–Trinajstić information content (AvgIpc) is 2.51. The Morgan fingerprint density at radius 2 is 1.74 bits per heavy atom. The maximum Gasteiger partial charge on any atom is 0.236 e. The fraction of sp³-hybridized carbons (Fsp3) is 0.733. The monoisotopic (exact) mass is 323 g/mol. The molecular formula is C15H25N5O3. The summed E-state index contributed by atoms with van der Waals surface area (Å²) in [5, 5.41) is 20.0. The first-order valence-corrected chi connectivity index (χ1v) is 7.51. The lowest BCUT2D eigenvalue weighted by Gasteiger charge is -2.23. The Balaban J connectivity index is 4.19. The molecule has 0 bridgehead atoms. The first-order valence-electron chi connectivity index (χ1n) is 7.51. The number of hydrogen-bond acceptors (Lipinski definition) is 6. The molecule has 0 aliphatic rings. The molecule has 8 heteroatoms. The van der Waals surface area contributed by atoms with Gasteiger partial charge in [-0.25, -0.2) is 0 Å².